The van der Waals surface area contributed by atoms with Crippen molar-refractivity contribution in [2.45, 2.75) is 38.1 Å². The highest BCUT2D eigenvalue weighted by Gasteiger charge is 2.28. The molecule has 0 heterocycles. The molecule has 0 radical (unpaired) electrons. The second-order valence-electron chi connectivity index (χ2n) is 4.51. The minimum Gasteiger partial charge on any atom is -0.497 e. The van der Waals surface area contributed by atoms with Crippen molar-refractivity contribution in [2.75, 3.05) is 14.2 Å². The van der Waals surface area contributed by atoms with Crippen LogP contribution >= 0.6 is 0 Å². The smallest absolute Gasteiger partial charge is 0.119 e. The van der Waals surface area contributed by atoms with Crippen LogP contribution in [0.2, 0.25) is 0 Å². The van der Waals surface area contributed by atoms with Crippen molar-refractivity contribution in [3.8, 4) is 5.75 Å². The fourth-order valence-corrected chi connectivity index (χ4v) is 2.85. The third kappa shape index (κ3) is 1.94. The molecule has 88 valence electrons. The van der Waals surface area contributed by atoms with Gasteiger partial charge in [-0.2, -0.15) is 0 Å². The molecule has 0 spiro atoms. The van der Waals surface area contributed by atoms with Gasteiger partial charge in [0.15, 0.2) is 0 Å². The third-order valence-electron chi connectivity index (χ3n) is 3.77. The lowest BCUT2D eigenvalue weighted by Crippen LogP contribution is -2.30. The fourth-order valence-electron chi connectivity index (χ4n) is 2.85. The average Bonchev–Trinajstić information content (AvgIpc) is 2.74. The lowest BCUT2D eigenvalue weighted by Gasteiger charge is -2.22. The van der Waals surface area contributed by atoms with Gasteiger partial charge in [-0.3, -0.25) is 0 Å². The molecule has 16 heavy (non-hydrogen) atoms. The van der Waals surface area contributed by atoms with Gasteiger partial charge in [-0.25, -0.2) is 0 Å². The van der Waals surface area contributed by atoms with Crippen molar-refractivity contribution in [2.24, 2.45) is 0 Å². The van der Waals surface area contributed by atoms with Gasteiger partial charge < -0.3 is 10.1 Å². The Bertz CT molecular complexity index is 358. The molecule has 2 atom stereocenters. The van der Waals surface area contributed by atoms with Gasteiger partial charge in [0.05, 0.1) is 7.11 Å². The number of rotatable bonds is 4. The molecule has 0 bridgehead atoms. The summed E-state index contributed by atoms with van der Waals surface area (Å²) in [5, 5.41) is 3.43. The summed E-state index contributed by atoms with van der Waals surface area (Å²) in [5.41, 5.74) is 2.99. The van der Waals surface area contributed by atoms with E-state index in [4.69, 9.17) is 4.74 Å². The summed E-state index contributed by atoms with van der Waals surface area (Å²) >= 11 is 0. The molecule has 0 aromatic heterocycles. The van der Waals surface area contributed by atoms with Crippen LogP contribution in [0, 0.1) is 0 Å². The maximum atomic E-state index is 5.31. The molecule has 0 aliphatic heterocycles. The Labute approximate surface area is 98.0 Å². The van der Waals surface area contributed by atoms with Crippen LogP contribution in [0.3, 0.4) is 0 Å². The summed E-state index contributed by atoms with van der Waals surface area (Å²) in [4.78, 5) is 0. The number of hydrogen-bond donors (Lipinski definition) is 1. The highest BCUT2D eigenvalue weighted by molar-refractivity contribution is 5.41. The number of hydrogen-bond acceptors (Lipinski definition) is 2. The normalized spacial score (nSPS) is 20.6. The maximum Gasteiger partial charge on any atom is 0.119 e. The topological polar surface area (TPSA) is 21.3 Å². The first kappa shape index (κ1) is 11.5. The molecule has 0 amide bonds. The molecule has 2 heteroatoms. The van der Waals surface area contributed by atoms with E-state index in [1.807, 2.05) is 0 Å². The average molecular weight is 219 g/mol. The van der Waals surface area contributed by atoms with E-state index >= 15 is 0 Å². The Hall–Kier alpha value is -1.02. The largest absolute Gasteiger partial charge is 0.497 e. The van der Waals surface area contributed by atoms with E-state index in [0.29, 0.717) is 12.0 Å². The molecule has 0 saturated carbocycles. The first-order chi connectivity index (χ1) is 7.80. The van der Waals surface area contributed by atoms with E-state index in [-0.39, 0.29) is 0 Å². The van der Waals surface area contributed by atoms with E-state index in [1.54, 1.807) is 7.11 Å². The molecule has 0 fully saturated rings. The molecule has 1 aliphatic carbocycles. The molecule has 1 aromatic carbocycles. The predicted octanol–water partition coefficient (Wildman–Crippen LogP) is 2.72. The Balaban J connectivity index is 2.29. The van der Waals surface area contributed by atoms with Crippen LogP contribution < -0.4 is 10.1 Å². The molecule has 2 nitrogen and oxygen atoms in total. The number of nitrogens with one attached hydrogen (secondary N) is 1. The molecule has 1 aliphatic rings. The highest BCUT2D eigenvalue weighted by Crippen LogP contribution is 2.38. The maximum absolute atomic E-state index is 5.31. The molecule has 2 rings (SSSR count). The van der Waals surface area contributed by atoms with E-state index < -0.39 is 0 Å². The zero-order valence-electron chi connectivity index (χ0n) is 10.4. The van der Waals surface area contributed by atoms with Crippen LogP contribution in [0.15, 0.2) is 18.2 Å². The number of fused-ring (bicyclic) bond motifs is 1. The van der Waals surface area contributed by atoms with E-state index in [2.05, 4.69) is 37.5 Å². The van der Waals surface area contributed by atoms with E-state index in [0.717, 1.165) is 5.75 Å². The summed E-state index contributed by atoms with van der Waals surface area (Å²) < 4.78 is 5.31. The molecule has 0 saturated heterocycles. The molecule has 1 aromatic rings. The van der Waals surface area contributed by atoms with Crippen molar-refractivity contribution in [3.05, 3.63) is 29.3 Å². The Kier molecular flexibility index (Phi) is 3.49. The number of likely N-dealkylation sites (N-methyl/N-ethyl adjacent to an activating group) is 1. The predicted molar refractivity (Wildman–Crippen MR) is 67.2 cm³/mol. The SMILES string of the molecule is CCC(NC)C1CCc2ccc(OC)cc21. The van der Waals surface area contributed by atoms with Crippen LogP contribution in [0.25, 0.3) is 0 Å². The van der Waals surface area contributed by atoms with Crippen molar-refractivity contribution in [1.82, 2.24) is 5.32 Å². The second kappa shape index (κ2) is 4.88. The first-order valence-corrected chi connectivity index (χ1v) is 6.14. The summed E-state index contributed by atoms with van der Waals surface area (Å²) in [6.07, 6.45) is 3.65. The van der Waals surface area contributed by atoms with Gasteiger partial charge in [-0.05, 0) is 55.5 Å². The molecule has 1 N–H and O–H groups in total. The lowest BCUT2D eigenvalue weighted by molar-refractivity contribution is 0.411. The van der Waals surface area contributed by atoms with E-state index in [1.165, 1.54) is 30.4 Å². The van der Waals surface area contributed by atoms with Crippen molar-refractivity contribution in [3.63, 3.8) is 0 Å². The minimum atomic E-state index is 0.591. The second-order valence-corrected chi connectivity index (χ2v) is 4.51. The number of benzene rings is 1. The van der Waals surface area contributed by atoms with Gasteiger partial charge in [0.2, 0.25) is 0 Å². The van der Waals surface area contributed by atoms with Gasteiger partial charge in [0.25, 0.3) is 0 Å². The fraction of sp³-hybridized carbons (Fsp3) is 0.571. The Morgan fingerprint density at radius 3 is 2.94 bits per heavy atom. The monoisotopic (exact) mass is 219 g/mol. The summed E-state index contributed by atoms with van der Waals surface area (Å²) in [7, 11) is 3.80. The number of aryl methyl sites for hydroxylation is 1. The summed E-state index contributed by atoms with van der Waals surface area (Å²) in [6.45, 7) is 2.25. The van der Waals surface area contributed by atoms with Crippen molar-refractivity contribution >= 4 is 0 Å². The lowest BCUT2D eigenvalue weighted by atomic mass is 9.91. The van der Waals surface area contributed by atoms with Gasteiger partial charge in [-0.1, -0.05) is 13.0 Å². The van der Waals surface area contributed by atoms with Gasteiger partial charge >= 0.3 is 0 Å². The number of ether oxygens (including phenoxy) is 1. The molecular formula is C14H21NO. The minimum absolute atomic E-state index is 0.591. The zero-order chi connectivity index (χ0) is 11.5. The van der Waals surface area contributed by atoms with Crippen molar-refractivity contribution < 1.29 is 4.74 Å². The van der Waals surface area contributed by atoms with Gasteiger partial charge in [0.1, 0.15) is 5.75 Å². The van der Waals surface area contributed by atoms with Gasteiger partial charge in [0, 0.05) is 6.04 Å². The van der Waals surface area contributed by atoms with Crippen LogP contribution in [-0.2, 0) is 6.42 Å². The van der Waals surface area contributed by atoms with Gasteiger partial charge in [-0.15, -0.1) is 0 Å². The molecule has 2 unspecified atom stereocenters. The van der Waals surface area contributed by atoms with Crippen molar-refractivity contribution in [1.29, 1.82) is 0 Å². The van der Waals surface area contributed by atoms with Crippen LogP contribution in [0.5, 0.6) is 5.75 Å². The quantitative estimate of drug-likeness (QED) is 0.840. The Morgan fingerprint density at radius 2 is 2.31 bits per heavy atom. The standard InChI is InChI=1S/C14H21NO/c1-4-14(15-2)12-8-6-10-5-7-11(16-3)9-13(10)12/h5,7,9,12,14-15H,4,6,8H2,1-3H3. The van der Waals surface area contributed by atoms with Crippen LogP contribution in [-0.4, -0.2) is 20.2 Å². The Morgan fingerprint density at radius 1 is 1.50 bits per heavy atom. The van der Waals surface area contributed by atoms with E-state index in [9.17, 15) is 0 Å². The highest BCUT2D eigenvalue weighted by atomic mass is 16.5. The summed E-state index contributed by atoms with van der Waals surface area (Å²) in [5.74, 6) is 1.64. The first-order valence-electron chi connectivity index (χ1n) is 6.14. The molecular weight excluding hydrogens is 198 g/mol. The summed E-state index contributed by atoms with van der Waals surface area (Å²) in [6, 6.07) is 7.10. The zero-order valence-corrected chi connectivity index (χ0v) is 10.4. The van der Waals surface area contributed by atoms with Crippen LogP contribution in [0.1, 0.15) is 36.8 Å². The third-order valence-corrected chi connectivity index (χ3v) is 3.77. The number of methoxy groups -OCH3 is 1. The van der Waals surface area contributed by atoms with Crippen LogP contribution in [0.4, 0.5) is 0 Å².